The quantitative estimate of drug-likeness (QED) is 0.807. The van der Waals surface area contributed by atoms with Crippen LogP contribution in [0.15, 0.2) is 24.3 Å². The molecule has 1 aliphatic heterocycles. The highest BCUT2D eigenvalue weighted by atomic mass is 16.2. The second-order valence-electron chi connectivity index (χ2n) is 6.91. The largest absolute Gasteiger partial charge is 0.353 e. The SMILES string of the molecule is CCN(CC(=O)NC(C)C)CC(=O)N1c2ccccc2NC(=O)CC1C. The lowest BCUT2D eigenvalue weighted by Gasteiger charge is -2.30. The molecule has 2 N–H and O–H groups in total. The van der Waals surface area contributed by atoms with Crippen LogP contribution in [0.5, 0.6) is 0 Å². The maximum absolute atomic E-state index is 13.0. The molecule has 0 saturated carbocycles. The number of nitrogens with zero attached hydrogens (tertiary/aromatic N) is 2. The van der Waals surface area contributed by atoms with Crippen LogP contribution in [0.3, 0.4) is 0 Å². The predicted octanol–water partition coefficient (Wildman–Crippen LogP) is 1.60. The van der Waals surface area contributed by atoms with Crippen LogP contribution in [0.1, 0.15) is 34.1 Å². The van der Waals surface area contributed by atoms with Crippen LogP contribution in [0, 0.1) is 0 Å². The molecule has 7 nitrogen and oxygen atoms in total. The molecule has 1 atom stereocenters. The third-order valence-corrected chi connectivity index (χ3v) is 4.25. The van der Waals surface area contributed by atoms with E-state index in [9.17, 15) is 14.4 Å². The molecule has 0 saturated heterocycles. The summed E-state index contributed by atoms with van der Waals surface area (Å²) in [5, 5.41) is 5.69. The molecular weight excluding hydrogens is 332 g/mol. The molecule has 0 bridgehead atoms. The van der Waals surface area contributed by atoms with Gasteiger partial charge in [-0.1, -0.05) is 19.1 Å². The highest BCUT2D eigenvalue weighted by Gasteiger charge is 2.30. The number of hydrogen-bond donors (Lipinski definition) is 2. The van der Waals surface area contributed by atoms with Gasteiger partial charge in [-0.05, 0) is 39.4 Å². The van der Waals surface area contributed by atoms with Gasteiger partial charge < -0.3 is 15.5 Å². The molecule has 1 unspecified atom stereocenters. The number of rotatable bonds is 6. The van der Waals surface area contributed by atoms with Crippen molar-refractivity contribution >= 4 is 29.1 Å². The van der Waals surface area contributed by atoms with Gasteiger partial charge in [0.2, 0.25) is 17.7 Å². The molecule has 0 aliphatic carbocycles. The Balaban J connectivity index is 2.16. The van der Waals surface area contributed by atoms with E-state index in [1.807, 2.05) is 45.9 Å². The topological polar surface area (TPSA) is 81.8 Å². The first-order valence-corrected chi connectivity index (χ1v) is 9.04. The summed E-state index contributed by atoms with van der Waals surface area (Å²) in [6.07, 6.45) is 0.236. The van der Waals surface area contributed by atoms with Crippen LogP contribution in [-0.4, -0.2) is 54.3 Å². The van der Waals surface area contributed by atoms with E-state index >= 15 is 0 Å². The summed E-state index contributed by atoms with van der Waals surface area (Å²) in [6.45, 7) is 8.45. The Morgan fingerprint density at radius 1 is 1.31 bits per heavy atom. The lowest BCUT2D eigenvalue weighted by Crippen LogP contribution is -2.47. The fourth-order valence-corrected chi connectivity index (χ4v) is 3.09. The number of carbonyl (C=O) groups excluding carboxylic acids is 3. The molecular formula is C19H28N4O3. The molecule has 1 aromatic rings. The van der Waals surface area contributed by atoms with Crippen LogP contribution < -0.4 is 15.5 Å². The third kappa shape index (κ3) is 5.05. The average Bonchev–Trinajstić information content (AvgIpc) is 2.67. The number of carbonyl (C=O) groups is 3. The van der Waals surface area contributed by atoms with Gasteiger partial charge in [-0.25, -0.2) is 0 Å². The predicted molar refractivity (Wildman–Crippen MR) is 102 cm³/mol. The minimum atomic E-state index is -0.255. The fraction of sp³-hybridized carbons (Fsp3) is 0.526. The molecule has 3 amide bonds. The Labute approximate surface area is 154 Å². The van der Waals surface area contributed by atoms with Gasteiger partial charge in [0.25, 0.3) is 0 Å². The first kappa shape index (κ1) is 19.9. The Bertz CT molecular complexity index is 675. The summed E-state index contributed by atoms with van der Waals surface area (Å²) >= 11 is 0. The van der Waals surface area contributed by atoms with Crippen molar-refractivity contribution in [1.82, 2.24) is 10.2 Å². The summed E-state index contributed by atoms with van der Waals surface area (Å²) in [4.78, 5) is 40.5. The number of likely N-dealkylation sites (N-methyl/N-ethyl adjacent to an activating group) is 1. The molecule has 7 heteroatoms. The zero-order valence-electron chi connectivity index (χ0n) is 15.9. The molecule has 2 rings (SSSR count). The van der Waals surface area contributed by atoms with E-state index in [0.29, 0.717) is 17.9 Å². The first-order chi connectivity index (χ1) is 12.3. The fourth-order valence-electron chi connectivity index (χ4n) is 3.09. The van der Waals surface area contributed by atoms with Gasteiger partial charge in [-0.2, -0.15) is 0 Å². The summed E-state index contributed by atoms with van der Waals surface area (Å²) < 4.78 is 0. The van der Waals surface area contributed by atoms with Crippen molar-refractivity contribution in [3.8, 4) is 0 Å². The van der Waals surface area contributed by atoms with Gasteiger partial charge in [0.05, 0.1) is 24.5 Å². The van der Waals surface area contributed by atoms with Crippen molar-refractivity contribution in [2.24, 2.45) is 0 Å². The van der Waals surface area contributed by atoms with E-state index in [1.165, 1.54) is 0 Å². The number of amides is 3. The monoisotopic (exact) mass is 360 g/mol. The lowest BCUT2D eigenvalue weighted by atomic mass is 10.1. The van der Waals surface area contributed by atoms with E-state index < -0.39 is 0 Å². The summed E-state index contributed by atoms with van der Waals surface area (Å²) in [7, 11) is 0. The number of benzene rings is 1. The van der Waals surface area contributed by atoms with E-state index in [4.69, 9.17) is 0 Å². The lowest BCUT2D eigenvalue weighted by molar-refractivity contribution is -0.124. The molecule has 0 aromatic heterocycles. The molecule has 0 spiro atoms. The number of nitrogens with one attached hydrogen (secondary N) is 2. The van der Waals surface area contributed by atoms with Gasteiger partial charge in [0.1, 0.15) is 0 Å². The Morgan fingerprint density at radius 3 is 2.65 bits per heavy atom. The van der Waals surface area contributed by atoms with E-state index in [2.05, 4.69) is 10.6 Å². The van der Waals surface area contributed by atoms with E-state index in [-0.39, 0.29) is 49.3 Å². The molecule has 0 fully saturated rings. The molecule has 1 aromatic carbocycles. The standard InChI is InChI=1S/C19H28N4O3/c1-5-22(11-18(25)20-13(2)3)12-19(26)23-14(4)10-17(24)21-15-8-6-7-9-16(15)23/h6-9,13-14H,5,10-12H2,1-4H3,(H,20,25)(H,21,24). The highest BCUT2D eigenvalue weighted by molar-refractivity contribution is 6.05. The van der Waals surface area contributed by atoms with Crippen LogP contribution in [-0.2, 0) is 14.4 Å². The zero-order chi connectivity index (χ0) is 19.3. The van der Waals surface area contributed by atoms with Crippen LogP contribution in [0.4, 0.5) is 11.4 Å². The summed E-state index contributed by atoms with van der Waals surface area (Å²) in [5.74, 6) is -0.333. The molecule has 1 aliphatic rings. The Hall–Kier alpha value is -2.41. The summed E-state index contributed by atoms with van der Waals surface area (Å²) in [5.41, 5.74) is 1.33. The van der Waals surface area contributed by atoms with Crippen molar-refractivity contribution in [2.45, 2.75) is 46.2 Å². The van der Waals surface area contributed by atoms with Crippen LogP contribution >= 0.6 is 0 Å². The van der Waals surface area contributed by atoms with Gasteiger partial charge >= 0.3 is 0 Å². The van der Waals surface area contributed by atoms with Gasteiger partial charge in [-0.15, -0.1) is 0 Å². The Morgan fingerprint density at radius 2 is 2.00 bits per heavy atom. The van der Waals surface area contributed by atoms with Crippen molar-refractivity contribution < 1.29 is 14.4 Å². The van der Waals surface area contributed by atoms with Gasteiger partial charge in [0.15, 0.2) is 0 Å². The smallest absolute Gasteiger partial charge is 0.241 e. The second kappa shape index (κ2) is 8.80. The molecule has 0 radical (unpaired) electrons. The second-order valence-corrected chi connectivity index (χ2v) is 6.91. The van der Waals surface area contributed by atoms with Gasteiger partial charge in [0, 0.05) is 18.5 Å². The molecule has 26 heavy (non-hydrogen) atoms. The van der Waals surface area contributed by atoms with Crippen molar-refractivity contribution in [1.29, 1.82) is 0 Å². The Kier molecular flexibility index (Phi) is 6.74. The maximum Gasteiger partial charge on any atom is 0.241 e. The van der Waals surface area contributed by atoms with E-state index in [1.54, 1.807) is 15.9 Å². The number of anilines is 2. The summed E-state index contributed by atoms with van der Waals surface area (Å²) in [6, 6.07) is 7.10. The number of hydrogen-bond acceptors (Lipinski definition) is 4. The highest BCUT2D eigenvalue weighted by Crippen LogP contribution is 2.31. The third-order valence-electron chi connectivity index (χ3n) is 4.25. The average molecular weight is 360 g/mol. The van der Waals surface area contributed by atoms with Gasteiger partial charge in [-0.3, -0.25) is 19.3 Å². The first-order valence-electron chi connectivity index (χ1n) is 9.04. The zero-order valence-corrected chi connectivity index (χ0v) is 15.9. The van der Waals surface area contributed by atoms with Crippen LogP contribution in [0.25, 0.3) is 0 Å². The molecule has 142 valence electrons. The van der Waals surface area contributed by atoms with E-state index in [0.717, 1.165) is 0 Å². The minimum Gasteiger partial charge on any atom is -0.353 e. The normalized spacial score (nSPS) is 16.9. The van der Waals surface area contributed by atoms with Crippen molar-refractivity contribution in [3.63, 3.8) is 0 Å². The van der Waals surface area contributed by atoms with Crippen LogP contribution in [0.2, 0.25) is 0 Å². The number of fused-ring (bicyclic) bond motifs is 1. The molecule has 1 heterocycles. The minimum absolute atomic E-state index is 0.0616. The van der Waals surface area contributed by atoms with Crippen molar-refractivity contribution in [2.75, 3.05) is 29.9 Å². The number of para-hydroxylation sites is 2. The van der Waals surface area contributed by atoms with Crippen molar-refractivity contribution in [3.05, 3.63) is 24.3 Å². The maximum atomic E-state index is 13.0.